The highest BCUT2D eigenvalue weighted by molar-refractivity contribution is 6.00. The van der Waals surface area contributed by atoms with Gasteiger partial charge in [0.2, 0.25) is 5.91 Å². The van der Waals surface area contributed by atoms with E-state index in [2.05, 4.69) is 44.2 Å². The average molecular weight is 404 g/mol. The molecule has 0 atom stereocenters. The Kier molecular flexibility index (Phi) is 5.67. The summed E-state index contributed by atoms with van der Waals surface area (Å²) in [5, 5.41) is 1.02. The summed E-state index contributed by atoms with van der Waals surface area (Å²) in [6, 6.07) is 12.4. The van der Waals surface area contributed by atoms with Gasteiger partial charge in [0, 0.05) is 41.7 Å². The first-order valence-corrected chi connectivity index (χ1v) is 10.6. The number of allylic oxidation sites excluding steroid dienone is 1. The minimum atomic E-state index is 0.0764. The molecule has 1 aromatic heterocycles. The van der Waals surface area contributed by atoms with Crippen molar-refractivity contribution in [1.29, 1.82) is 0 Å². The van der Waals surface area contributed by atoms with Crippen molar-refractivity contribution in [3.05, 3.63) is 59.9 Å². The van der Waals surface area contributed by atoms with Crippen LogP contribution in [0.25, 0.3) is 27.7 Å². The Morgan fingerprint density at radius 1 is 1.17 bits per heavy atom. The van der Waals surface area contributed by atoms with E-state index >= 15 is 0 Å². The maximum atomic E-state index is 12.8. The zero-order chi connectivity index (χ0) is 21.3. The molecule has 1 aliphatic heterocycles. The number of carbonyl (C=O) groups is 1. The number of nitrogens with zero attached hydrogens (tertiary/aromatic N) is 1. The van der Waals surface area contributed by atoms with E-state index in [1.54, 1.807) is 19.4 Å². The second-order valence-corrected chi connectivity index (χ2v) is 8.40. The molecule has 0 saturated carbocycles. The fourth-order valence-corrected chi connectivity index (χ4v) is 4.07. The van der Waals surface area contributed by atoms with Gasteiger partial charge in [0.05, 0.1) is 13.4 Å². The summed E-state index contributed by atoms with van der Waals surface area (Å²) in [7, 11) is 1.65. The Hall–Kier alpha value is -3.01. The van der Waals surface area contributed by atoms with Crippen molar-refractivity contribution in [3.63, 3.8) is 0 Å². The van der Waals surface area contributed by atoms with Crippen LogP contribution < -0.4 is 4.74 Å². The summed E-state index contributed by atoms with van der Waals surface area (Å²) in [5.74, 6) is 1.48. The van der Waals surface area contributed by atoms with Gasteiger partial charge in [0.1, 0.15) is 11.3 Å². The van der Waals surface area contributed by atoms with Crippen molar-refractivity contribution >= 4 is 22.4 Å². The lowest BCUT2D eigenvalue weighted by Crippen LogP contribution is -2.36. The maximum absolute atomic E-state index is 12.8. The molecule has 2 heterocycles. The number of likely N-dealkylation sites (tertiary alicyclic amines) is 1. The largest absolute Gasteiger partial charge is 0.496 e. The lowest BCUT2D eigenvalue weighted by atomic mass is 9.97. The van der Waals surface area contributed by atoms with Gasteiger partial charge in [-0.05, 0) is 49.8 Å². The van der Waals surface area contributed by atoms with Crippen LogP contribution in [0.2, 0.25) is 0 Å². The number of fused-ring (bicyclic) bond motifs is 1. The molecule has 0 N–H and O–H groups in total. The first-order chi connectivity index (χ1) is 14.5. The SMILES string of the molecule is COc1cc2occ(-c3ccc(C)cc3)c2cc1/C(C)=C/C(=O)N1CCC(C)CC1. The third-order valence-corrected chi connectivity index (χ3v) is 6.12. The standard InChI is InChI=1S/C26H29NO3/c1-17-5-7-20(8-6-17)23-16-30-25-15-24(29-4)21(14-22(23)25)19(3)13-26(28)27-11-9-18(2)10-12-27/h5-8,13-16,18H,9-12H2,1-4H3/b19-13+. The number of aryl methyl sites for hydroxylation is 1. The lowest BCUT2D eigenvalue weighted by molar-refractivity contribution is -0.127. The zero-order valence-electron chi connectivity index (χ0n) is 18.2. The molecule has 4 rings (SSSR count). The van der Waals surface area contributed by atoms with E-state index < -0.39 is 0 Å². The molecule has 1 saturated heterocycles. The first-order valence-electron chi connectivity index (χ1n) is 10.6. The summed E-state index contributed by atoms with van der Waals surface area (Å²) < 4.78 is 11.4. The molecule has 156 valence electrons. The van der Waals surface area contributed by atoms with Crippen LogP contribution in [0.1, 0.15) is 37.8 Å². The molecule has 4 heteroatoms. The van der Waals surface area contributed by atoms with Crippen LogP contribution in [-0.4, -0.2) is 31.0 Å². The van der Waals surface area contributed by atoms with E-state index in [0.717, 1.165) is 59.2 Å². The number of ether oxygens (including phenoxy) is 1. The number of hydrogen-bond donors (Lipinski definition) is 0. The summed E-state index contributed by atoms with van der Waals surface area (Å²) in [4.78, 5) is 14.8. The Labute approximate surface area is 178 Å². The van der Waals surface area contributed by atoms with E-state index in [4.69, 9.17) is 9.15 Å². The molecule has 0 aliphatic carbocycles. The van der Waals surface area contributed by atoms with Crippen LogP contribution in [-0.2, 0) is 4.79 Å². The van der Waals surface area contributed by atoms with Crippen molar-refractivity contribution in [2.24, 2.45) is 5.92 Å². The van der Waals surface area contributed by atoms with Crippen molar-refractivity contribution in [2.45, 2.75) is 33.6 Å². The fraction of sp³-hybridized carbons (Fsp3) is 0.346. The second-order valence-electron chi connectivity index (χ2n) is 8.40. The van der Waals surface area contributed by atoms with E-state index in [9.17, 15) is 4.79 Å². The molecular weight excluding hydrogens is 374 g/mol. The number of amides is 1. The predicted octanol–water partition coefficient (Wildman–Crippen LogP) is 6.08. The quantitative estimate of drug-likeness (QED) is 0.496. The summed E-state index contributed by atoms with van der Waals surface area (Å²) in [6.45, 7) is 7.96. The number of furan rings is 1. The molecule has 0 radical (unpaired) electrons. The lowest BCUT2D eigenvalue weighted by Gasteiger charge is -2.29. The fourth-order valence-electron chi connectivity index (χ4n) is 4.07. The normalized spacial score (nSPS) is 15.6. The monoisotopic (exact) mass is 403 g/mol. The number of benzene rings is 2. The van der Waals surface area contributed by atoms with E-state index in [0.29, 0.717) is 11.7 Å². The van der Waals surface area contributed by atoms with E-state index in [-0.39, 0.29) is 5.91 Å². The van der Waals surface area contributed by atoms with Crippen LogP contribution in [0.5, 0.6) is 5.75 Å². The zero-order valence-corrected chi connectivity index (χ0v) is 18.2. The molecule has 1 fully saturated rings. The van der Waals surface area contributed by atoms with Gasteiger partial charge in [-0.1, -0.05) is 36.8 Å². The number of rotatable bonds is 4. The third kappa shape index (κ3) is 4.00. The highest BCUT2D eigenvalue weighted by atomic mass is 16.5. The molecule has 0 unspecified atom stereocenters. The Balaban J connectivity index is 1.71. The van der Waals surface area contributed by atoms with Crippen molar-refractivity contribution in [1.82, 2.24) is 4.90 Å². The molecule has 0 bridgehead atoms. The van der Waals surface area contributed by atoms with Gasteiger partial charge in [0.25, 0.3) is 0 Å². The molecule has 2 aromatic carbocycles. The molecule has 0 spiro atoms. The van der Waals surface area contributed by atoms with Gasteiger partial charge in [-0.3, -0.25) is 4.79 Å². The van der Waals surface area contributed by atoms with Gasteiger partial charge in [-0.15, -0.1) is 0 Å². The van der Waals surface area contributed by atoms with Gasteiger partial charge in [-0.25, -0.2) is 0 Å². The average Bonchev–Trinajstić information content (AvgIpc) is 3.16. The van der Waals surface area contributed by atoms with E-state index in [1.807, 2.05) is 17.9 Å². The minimum Gasteiger partial charge on any atom is -0.496 e. The highest BCUT2D eigenvalue weighted by Gasteiger charge is 2.20. The van der Waals surface area contributed by atoms with Crippen LogP contribution >= 0.6 is 0 Å². The molecule has 4 nitrogen and oxygen atoms in total. The van der Waals surface area contributed by atoms with Crippen molar-refractivity contribution in [3.8, 4) is 16.9 Å². The summed E-state index contributed by atoms with van der Waals surface area (Å²) >= 11 is 0. The molecular formula is C26H29NO3. The molecule has 3 aromatic rings. The summed E-state index contributed by atoms with van der Waals surface area (Å²) in [6.07, 6.45) is 5.68. The topological polar surface area (TPSA) is 42.7 Å². The van der Waals surface area contributed by atoms with Crippen LogP contribution in [0.15, 0.2) is 53.2 Å². The van der Waals surface area contributed by atoms with Crippen molar-refractivity contribution < 1.29 is 13.9 Å². The van der Waals surface area contributed by atoms with Crippen LogP contribution in [0, 0.1) is 12.8 Å². The Morgan fingerprint density at radius 2 is 1.87 bits per heavy atom. The van der Waals surface area contributed by atoms with Crippen LogP contribution in [0.4, 0.5) is 0 Å². The maximum Gasteiger partial charge on any atom is 0.246 e. The molecule has 1 amide bonds. The molecule has 1 aliphatic rings. The number of carbonyl (C=O) groups excluding carboxylic acids is 1. The predicted molar refractivity (Wildman–Crippen MR) is 122 cm³/mol. The Bertz CT molecular complexity index is 1080. The van der Waals surface area contributed by atoms with Gasteiger partial charge in [0.15, 0.2) is 0 Å². The van der Waals surface area contributed by atoms with E-state index in [1.165, 1.54) is 5.56 Å². The highest BCUT2D eigenvalue weighted by Crippen LogP contribution is 2.37. The Morgan fingerprint density at radius 3 is 2.53 bits per heavy atom. The third-order valence-electron chi connectivity index (χ3n) is 6.12. The number of methoxy groups -OCH3 is 1. The van der Waals surface area contributed by atoms with Gasteiger partial charge >= 0.3 is 0 Å². The number of hydrogen-bond acceptors (Lipinski definition) is 3. The molecule has 30 heavy (non-hydrogen) atoms. The smallest absolute Gasteiger partial charge is 0.246 e. The van der Waals surface area contributed by atoms with Gasteiger partial charge < -0.3 is 14.1 Å². The minimum absolute atomic E-state index is 0.0764. The van der Waals surface area contributed by atoms with Crippen molar-refractivity contribution in [2.75, 3.05) is 20.2 Å². The van der Waals surface area contributed by atoms with Gasteiger partial charge in [-0.2, -0.15) is 0 Å². The number of piperidine rings is 1. The second kappa shape index (κ2) is 8.39. The van der Waals surface area contributed by atoms with Crippen LogP contribution in [0.3, 0.4) is 0 Å². The summed E-state index contributed by atoms with van der Waals surface area (Å²) in [5.41, 5.74) is 5.95. The first kappa shape index (κ1) is 20.3.